The second-order valence-corrected chi connectivity index (χ2v) is 5.76. The van der Waals surface area contributed by atoms with Crippen molar-refractivity contribution in [3.63, 3.8) is 0 Å². The maximum atomic E-state index is 12.9. The van der Waals surface area contributed by atoms with Crippen LogP contribution in [0.15, 0.2) is 51.7 Å². The molecule has 0 saturated carbocycles. The maximum absolute atomic E-state index is 12.9. The third-order valence-corrected chi connectivity index (χ3v) is 4.19. The smallest absolute Gasteiger partial charge is 0.196 e. The van der Waals surface area contributed by atoms with Gasteiger partial charge in [0.1, 0.15) is 29.5 Å². The Labute approximate surface area is 132 Å². The number of halogens is 1. The number of hydrogen-bond donors (Lipinski definition) is 0. The standard InChI is InChI=1S/C19H15FO3/c20-13-6-4-12(5-7-13)11-22-14-8-9-16-18(10-14)23-17-3-1-2-15(17)19(16)21/h4-10H,1-3,11H2. The van der Waals surface area contributed by atoms with Gasteiger partial charge in [0.2, 0.25) is 0 Å². The molecule has 0 atom stereocenters. The van der Waals surface area contributed by atoms with Crippen molar-refractivity contribution in [1.82, 2.24) is 0 Å². The summed E-state index contributed by atoms with van der Waals surface area (Å²) in [5.74, 6) is 1.16. The lowest BCUT2D eigenvalue weighted by molar-refractivity contribution is 0.306. The Morgan fingerprint density at radius 3 is 2.74 bits per heavy atom. The highest BCUT2D eigenvalue weighted by atomic mass is 19.1. The van der Waals surface area contributed by atoms with Gasteiger partial charge in [0.05, 0.1) is 5.39 Å². The van der Waals surface area contributed by atoms with Gasteiger partial charge in [-0.15, -0.1) is 0 Å². The van der Waals surface area contributed by atoms with E-state index in [9.17, 15) is 9.18 Å². The minimum Gasteiger partial charge on any atom is -0.489 e. The van der Waals surface area contributed by atoms with Crippen LogP contribution in [0.4, 0.5) is 4.39 Å². The summed E-state index contributed by atoms with van der Waals surface area (Å²) in [4.78, 5) is 12.4. The van der Waals surface area contributed by atoms with Gasteiger partial charge in [-0.3, -0.25) is 4.79 Å². The SMILES string of the molecule is O=c1c2c(oc3cc(OCc4ccc(F)cc4)ccc13)CCC2. The molecule has 3 nitrogen and oxygen atoms in total. The molecule has 4 rings (SSSR count). The summed E-state index contributed by atoms with van der Waals surface area (Å²) in [7, 11) is 0. The van der Waals surface area contributed by atoms with Crippen LogP contribution < -0.4 is 10.2 Å². The molecule has 1 aliphatic carbocycles. The summed E-state index contributed by atoms with van der Waals surface area (Å²) in [6.07, 6.45) is 2.59. The zero-order valence-electron chi connectivity index (χ0n) is 12.5. The summed E-state index contributed by atoms with van der Waals surface area (Å²) in [6, 6.07) is 11.4. The van der Waals surface area contributed by atoms with Gasteiger partial charge < -0.3 is 9.15 Å². The summed E-state index contributed by atoms with van der Waals surface area (Å²) in [6.45, 7) is 0.334. The van der Waals surface area contributed by atoms with E-state index in [0.29, 0.717) is 23.3 Å². The lowest BCUT2D eigenvalue weighted by atomic mass is 10.1. The molecular formula is C19H15FO3. The van der Waals surface area contributed by atoms with Gasteiger partial charge in [-0.05, 0) is 42.7 Å². The van der Waals surface area contributed by atoms with E-state index in [1.54, 1.807) is 30.3 Å². The second-order valence-electron chi connectivity index (χ2n) is 5.76. The van der Waals surface area contributed by atoms with Crippen molar-refractivity contribution >= 4 is 11.0 Å². The van der Waals surface area contributed by atoms with Gasteiger partial charge >= 0.3 is 0 Å². The average Bonchev–Trinajstić information content (AvgIpc) is 3.03. The maximum Gasteiger partial charge on any atom is 0.196 e. The molecule has 3 aromatic rings. The third-order valence-electron chi connectivity index (χ3n) is 4.19. The number of ether oxygens (including phenoxy) is 1. The quantitative estimate of drug-likeness (QED) is 0.734. The summed E-state index contributed by atoms with van der Waals surface area (Å²) < 4.78 is 24.5. The molecule has 0 bridgehead atoms. The monoisotopic (exact) mass is 310 g/mol. The fourth-order valence-corrected chi connectivity index (χ4v) is 2.98. The first-order chi connectivity index (χ1) is 11.2. The highest BCUT2D eigenvalue weighted by Crippen LogP contribution is 2.26. The minimum absolute atomic E-state index is 0.0730. The molecule has 0 N–H and O–H groups in total. The molecule has 0 unspecified atom stereocenters. The van der Waals surface area contributed by atoms with Gasteiger partial charge in [0.25, 0.3) is 0 Å². The zero-order valence-corrected chi connectivity index (χ0v) is 12.5. The van der Waals surface area contributed by atoms with Crippen LogP contribution in [0.25, 0.3) is 11.0 Å². The molecule has 0 radical (unpaired) electrons. The van der Waals surface area contributed by atoms with Crippen LogP contribution in [-0.4, -0.2) is 0 Å². The van der Waals surface area contributed by atoms with Crippen LogP contribution in [-0.2, 0) is 19.4 Å². The number of hydrogen-bond acceptors (Lipinski definition) is 3. The van der Waals surface area contributed by atoms with E-state index in [-0.39, 0.29) is 11.2 Å². The first-order valence-corrected chi connectivity index (χ1v) is 7.66. The highest BCUT2D eigenvalue weighted by Gasteiger charge is 2.19. The number of fused-ring (bicyclic) bond motifs is 2. The Bertz CT molecular complexity index is 926. The third kappa shape index (κ3) is 2.61. The molecule has 0 spiro atoms. The van der Waals surface area contributed by atoms with Crippen LogP contribution in [0.1, 0.15) is 23.3 Å². The van der Waals surface area contributed by atoms with Crippen molar-refractivity contribution in [2.45, 2.75) is 25.9 Å². The largest absolute Gasteiger partial charge is 0.489 e. The fraction of sp³-hybridized carbons (Fsp3) is 0.211. The first-order valence-electron chi connectivity index (χ1n) is 7.66. The molecule has 4 heteroatoms. The average molecular weight is 310 g/mol. The lowest BCUT2D eigenvalue weighted by Crippen LogP contribution is -2.08. The molecule has 0 fully saturated rings. The van der Waals surface area contributed by atoms with Gasteiger partial charge in [-0.2, -0.15) is 0 Å². The molecule has 1 heterocycles. The number of aryl methyl sites for hydroxylation is 1. The van der Waals surface area contributed by atoms with E-state index in [4.69, 9.17) is 9.15 Å². The van der Waals surface area contributed by atoms with Gasteiger partial charge in [-0.1, -0.05) is 12.1 Å². The van der Waals surface area contributed by atoms with Crippen LogP contribution in [0.3, 0.4) is 0 Å². The van der Waals surface area contributed by atoms with E-state index in [1.807, 2.05) is 0 Å². The molecule has 0 aliphatic heterocycles. The molecule has 2 aromatic carbocycles. The van der Waals surface area contributed by atoms with Crippen molar-refractivity contribution < 1.29 is 13.5 Å². The number of benzene rings is 2. The fourth-order valence-electron chi connectivity index (χ4n) is 2.98. The van der Waals surface area contributed by atoms with Gasteiger partial charge in [0.15, 0.2) is 5.43 Å². The van der Waals surface area contributed by atoms with E-state index >= 15 is 0 Å². The Morgan fingerprint density at radius 2 is 1.91 bits per heavy atom. The first kappa shape index (κ1) is 14.0. The molecule has 1 aromatic heterocycles. The molecule has 0 amide bonds. The van der Waals surface area contributed by atoms with E-state index in [1.165, 1.54) is 12.1 Å². The van der Waals surface area contributed by atoms with Crippen molar-refractivity contribution in [3.8, 4) is 5.75 Å². The van der Waals surface area contributed by atoms with Crippen LogP contribution >= 0.6 is 0 Å². The van der Waals surface area contributed by atoms with Gasteiger partial charge in [0, 0.05) is 18.1 Å². The molecule has 1 aliphatic rings. The van der Waals surface area contributed by atoms with Crippen molar-refractivity contribution in [2.24, 2.45) is 0 Å². The Kier molecular flexibility index (Phi) is 3.37. The summed E-state index contributed by atoms with van der Waals surface area (Å²) >= 11 is 0. The summed E-state index contributed by atoms with van der Waals surface area (Å²) in [5.41, 5.74) is 2.33. The van der Waals surface area contributed by atoms with E-state index < -0.39 is 0 Å². The van der Waals surface area contributed by atoms with E-state index in [0.717, 1.165) is 36.1 Å². The van der Waals surface area contributed by atoms with Crippen LogP contribution in [0, 0.1) is 5.82 Å². The highest BCUT2D eigenvalue weighted by molar-refractivity contribution is 5.79. The van der Waals surface area contributed by atoms with Crippen molar-refractivity contribution in [2.75, 3.05) is 0 Å². The topological polar surface area (TPSA) is 39.4 Å². The Balaban J connectivity index is 1.63. The minimum atomic E-state index is -0.268. The zero-order chi connectivity index (χ0) is 15.8. The van der Waals surface area contributed by atoms with Crippen molar-refractivity contribution in [1.29, 1.82) is 0 Å². The normalized spacial score (nSPS) is 13.3. The molecule has 0 saturated heterocycles. The summed E-state index contributed by atoms with van der Waals surface area (Å²) in [5, 5.41) is 0.597. The number of rotatable bonds is 3. The molecular weight excluding hydrogens is 295 g/mol. The van der Waals surface area contributed by atoms with Crippen LogP contribution in [0.5, 0.6) is 5.75 Å². The second kappa shape index (κ2) is 5.54. The Hall–Kier alpha value is -2.62. The predicted molar refractivity (Wildman–Crippen MR) is 85.2 cm³/mol. The predicted octanol–water partition coefficient (Wildman–Crippen LogP) is 4.00. The lowest BCUT2D eigenvalue weighted by Gasteiger charge is -2.08. The van der Waals surface area contributed by atoms with Crippen molar-refractivity contribution in [3.05, 3.63) is 75.4 Å². The van der Waals surface area contributed by atoms with Crippen LogP contribution in [0.2, 0.25) is 0 Å². The molecule has 116 valence electrons. The Morgan fingerprint density at radius 1 is 1.09 bits per heavy atom. The molecule has 23 heavy (non-hydrogen) atoms. The van der Waals surface area contributed by atoms with E-state index in [2.05, 4.69) is 0 Å². The van der Waals surface area contributed by atoms with Gasteiger partial charge in [-0.25, -0.2) is 4.39 Å².